The van der Waals surface area contributed by atoms with Gasteiger partial charge >= 0.3 is 0 Å². The summed E-state index contributed by atoms with van der Waals surface area (Å²) in [7, 11) is 1.70. The largest absolute Gasteiger partial charge is 0.383 e. The average Bonchev–Trinajstić information content (AvgIpc) is 3.14. The smallest absolute Gasteiger partial charge is 0.228 e. The minimum absolute atomic E-state index is 0.217. The molecule has 4 unspecified atom stereocenters. The van der Waals surface area contributed by atoms with Crippen molar-refractivity contribution in [2.24, 2.45) is 0 Å². The Morgan fingerprint density at radius 2 is 2.35 bits per heavy atom. The third-order valence-electron chi connectivity index (χ3n) is 4.20. The molecule has 0 radical (unpaired) electrons. The summed E-state index contributed by atoms with van der Waals surface area (Å²) in [6.07, 6.45) is 4.77. The Morgan fingerprint density at radius 1 is 1.45 bits per heavy atom. The van der Waals surface area contributed by atoms with E-state index in [0.717, 1.165) is 25.2 Å². The number of hydrogen-bond donors (Lipinski definition) is 1. The summed E-state index contributed by atoms with van der Waals surface area (Å²) in [4.78, 5) is 4.56. The summed E-state index contributed by atoms with van der Waals surface area (Å²) >= 11 is 0. The first-order valence-electron chi connectivity index (χ1n) is 7.50. The zero-order valence-corrected chi connectivity index (χ0v) is 12.2. The van der Waals surface area contributed by atoms with Crippen LogP contribution in [0, 0.1) is 0 Å². The number of nitrogens with one attached hydrogen (secondary N) is 1. The number of rotatable bonds is 7. The van der Waals surface area contributed by atoms with Gasteiger partial charge in [0.25, 0.3) is 0 Å². The molecule has 2 aliphatic heterocycles. The molecule has 3 heterocycles. The molecule has 0 saturated carbocycles. The standard InChI is InChI=1S/C14H23N3O3/c1-3-15-9(8-18-2)6-13-16-14(17-20-13)11-7-10-4-5-12(11)19-10/h9-12,15H,3-8H2,1-2H3. The number of hydrogen-bond acceptors (Lipinski definition) is 6. The van der Waals surface area contributed by atoms with Gasteiger partial charge in [0.1, 0.15) is 0 Å². The molecule has 0 aliphatic carbocycles. The Hall–Kier alpha value is -0.980. The van der Waals surface area contributed by atoms with Gasteiger partial charge in [-0.15, -0.1) is 0 Å². The number of aromatic nitrogens is 2. The second kappa shape index (κ2) is 6.20. The summed E-state index contributed by atoms with van der Waals surface area (Å²) in [5.74, 6) is 1.83. The van der Waals surface area contributed by atoms with Crippen LogP contribution >= 0.6 is 0 Å². The first-order valence-corrected chi connectivity index (χ1v) is 7.50. The fraction of sp³-hybridized carbons (Fsp3) is 0.857. The van der Waals surface area contributed by atoms with Gasteiger partial charge in [0, 0.05) is 19.6 Å². The lowest BCUT2D eigenvalue weighted by Crippen LogP contribution is -2.35. The van der Waals surface area contributed by atoms with E-state index in [1.807, 2.05) is 0 Å². The van der Waals surface area contributed by atoms with Gasteiger partial charge in [-0.2, -0.15) is 4.98 Å². The van der Waals surface area contributed by atoms with Gasteiger partial charge in [-0.05, 0) is 25.8 Å². The van der Waals surface area contributed by atoms with Crippen molar-refractivity contribution in [2.75, 3.05) is 20.3 Å². The molecule has 1 N–H and O–H groups in total. The van der Waals surface area contributed by atoms with E-state index in [1.54, 1.807) is 7.11 Å². The predicted octanol–water partition coefficient (Wildman–Crippen LogP) is 1.27. The molecule has 1 aromatic heterocycles. The molecule has 2 aliphatic rings. The summed E-state index contributed by atoms with van der Waals surface area (Å²) < 4.78 is 16.5. The molecule has 2 fully saturated rings. The van der Waals surface area contributed by atoms with Gasteiger partial charge in [-0.25, -0.2) is 0 Å². The SMILES string of the molecule is CCNC(COC)Cc1nc(C2CC3CCC2O3)no1. The van der Waals surface area contributed by atoms with E-state index in [0.29, 0.717) is 37.0 Å². The molecule has 2 bridgehead atoms. The highest BCUT2D eigenvalue weighted by Gasteiger charge is 2.43. The second-order valence-electron chi connectivity index (χ2n) is 5.68. The Labute approximate surface area is 119 Å². The minimum Gasteiger partial charge on any atom is -0.383 e. The highest BCUT2D eigenvalue weighted by molar-refractivity contribution is 5.07. The van der Waals surface area contributed by atoms with Crippen molar-refractivity contribution < 1.29 is 14.0 Å². The lowest BCUT2D eigenvalue weighted by atomic mass is 9.89. The minimum atomic E-state index is 0.217. The van der Waals surface area contributed by atoms with Crippen LogP contribution in [0.4, 0.5) is 0 Å². The molecule has 20 heavy (non-hydrogen) atoms. The molecule has 0 aromatic carbocycles. The summed E-state index contributed by atoms with van der Waals surface area (Å²) in [5.41, 5.74) is 0. The van der Waals surface area contributed by atoms with Crippen molar-refractivity contribution >= 4 is 0 Å². The van der Waals surface area contributed by atoms with Crippen molar-refractivity contribution in [1.82, 2.24) is 15.5 Å². The van der Waals surface area contributed by atoms with Crippen LogP contribution in [0.1, 0.15) is 43.8 Å². The Bertz CT molecular complexity index is 431. The molecule has 0 amide bonds. The van der Waals surface area contributed by atoms with E-state index in [9.17, 15) is 0 Å². The van der Waals surface area contributed by atoms with Crippen LogP contribution in [0.3, 0.4) is 0 Å². The number of fused-ring (bicyclic) bond motifs is 2. The van der Waals surface area contributed by atoms with Crippen LogP contribution < -0.4 is 5.32 Å². The molecular weight excluding hydrogens is 258 g/mol. The van der Waals surface area contributed by atoms with Crippen LogP contribution in [0.15, 0.2) is 4.52 Å². The maximum Gasteiger partial charge on any atom is 0.228 e. The van der Waals surface area contributed by atoms with E-state index >= 15 is 0 Å². The highest BCUT2D eigenvalue weighted by Crippen LogP contribution is 2.43. The van der Waals surface area contributed by atoms with Crippen LogP contribution in [0.5, 0.6) is 0 Å². The van der Waals surface area contributed by atoms with E-state index in [4.69, 9.17) is 14.0 Å². The summed E-state index contributed by atoms with van der Waals surface area (Å²) in [6.45, 7) is 3.62. The van der Waals surface area contributed by atoms with Crippen LogP contribution in [0.2, 0.25) is 0 Å². The third kappa shape index (κ3) is 2.87. The third-order valence-corrected chi connectivity index (χ3v) is 4.20. The molecule has 3 rings (SSSR count). The van der Waals surface area contributed by atoms with Crippen molar-refractivity contribution in [2.45, 2.75) is 56.8 Å². The first kappa shape index (κ1) is 14.0. The predicted molar refractivity (Wildman–Crippen MR) is 72.6 cm³/mol. The molecular formula is C14H23N3O3. The Balaban J connectivity index is 1.61. The van der Waals surface area contributed by atoms with Crippen molar-refractivity contribution in [3.8, 4) is 0 Å². The van der Waals surface area contributed by atoms with Gasteiger partial charge in [0.15, 0.2) is 5.82 Å². The number of nitrogens with zero attached hydrogens (tertiary/aromatic N) is 2. The fourth-order valence-corrected chi connectivity index (χ4v) is 3.30. The zero-order valence-electron chi connectivity index (χ0n) is 12.2. The fourth-order valence-electron chi connectivity index (χ4n) is 3.30. The molecule has 6 heteroatoms. The Morgan fingerprint density at radius 3 is 3.00 bits per heavy atom. The lowest BCUT2D eigenvalue weighted by molar-refractivity contribution is 0.0996. The second-order valence-corrected chi connectivity index (χ2v) is 5.68. The zero-order chi connectivity index (χ0) is 13.9. The van der Waals surface area contributed by atoms with Crippen molar-refractivity contribution in [1.29, 1.82) is 0 Å². The summed E-state index contributed by atoms with van der Waals surface area (Å²) in [6, 6.07) is 0.217. The Kier molecular flexibility index (Phi) is 4.33. The maximum absolute atomic E-state index is 5.85. The average molecular weight is 281 g/mol. The number of likely N-dealkylation sites (N-methyl/N-ethyl adjacent to an activating group) is 1. The van der Waals surface area contributed by atoms with E-state index in [2.05, 4.69) is 22.4 Å². The highest BCUT2D eigenvalue weighted by atomic mass is 16.5. The molecule has 6 nitrogen and oxygen atoms in total. The topological polar surface area (TPSA) is 69.4 Å². The molecule has 1 aromatic rings. The molecule has 112 valence electrons. The van der Waals surface area contributed by atoms with Crippen LogP contribution in [-0.2, 0) is 15.9 Å². The molecule has 0 spiro atoms. The van der Waals surface area contributed by atoms with Gasteiger partial charge in [0.05, 0.1) is 24.7 Å². The quantitative estimate of drug-likeness (QED) is 0.811. The monoisotopic (exact) mass is 281 g/mol. The normalized spacial score (nSPS) is 30.0. The maximum atomic E-state index is 5.85. The first-order chi connectivity index (χ1) is 9.80. The van der Waals surface area contributed by atoms with E-state index in [1.165, 1.54) is 6.42 Å². The molecule has 4 atom stereocenters. The van der Waals surface area contributed by atoms with Gasteiger partial charge in [0.2, 0.25) is 5.89 Å². The van der Waals surface area contributed by atoms with Crippen molar-refractivity contribution in [3.05, 3.63) is 11.7 Å². The van der Waals surface area contributed by atoms with Gasteiger partial charge in [-0.1, -0.05) is 12.1 Å². The van der Waals surface area contributed by atoms with Gasteiger partial charge < -0.3 is 19.3 Å². The van der Waals surface area contributed by atoms with Crippen LogP contribution in [-0.4, -0.2) is 48.7 Å². The van der Waals surface area contributed by atoms with Crippen LogP contribution in [0.25, 0.3) is 0 Å². The lowest BCUT2D eigenvalue weighted by Gasteiger charge is -2.15. The number of methoxy groups -OCH3 is 1. The molecule has 2 saturated heterocycles. The van der Waals surface area contributed by atoms with E-state index < -0.39 is 0 Å². The van der Waals surface area contributed by atoms with Crippen molar-refractivity contribution in [3.63, 3.8) is 0 Å². The summed E-state index contributed by atoms with van der Waals surface area (Å²) in [5, 5.41) is 7.52. The van der Waals surface area contributed by atoms with E-state index in [-0.39, 0.29) is 6.04 Å². The number of ether oxygens (including phenoxy) is 2. The van der Waals surface area contributed by atoms with Gasteiger partial charge in [-0.3, -0.25) is 0 Å².